The number of rotatable bonds is 0. The van der Waals surface area contributed by atoms with E-state index >= 15 is 0 Å². The molecule has 16 heteroatoms. The topological polar surface area (TPSA) is 256 Å². The van der Waals surface area contributed by atoms with Gasteiger partial charge >= 0.3 is 0 Å². The number of nitrogens with one attached hydrogen (secondary N) is 4. The van der Waals surface area contributed by atoms with Crippen LogP contribution in [0.3, 0.4) is 0 Å². The average Bonchev–Trinajstić information content (AvgIpc) is 2.83. The van der Waals surface area contributed by atoms with Crippen LogP contribution in [0.1, 0.15) is 13.8 Å². The number of fused-ring (bicyclic) bond motifs is 4. The molecule has 3 rings (SSSR count). The van der Waals surface area contributed by atoms with E-state index in [1.165, 1.54) is 13.8 Å². The van der Waals surface area contributed by atoms with Crippen molar-refractivity contribution in [3.05, 3.63) is 0 Å². The molecule has 3 aliphatic heterocycles. The zero-order valence-corrected chi connectivity index (χ0v) is 19.5. The van der Waals surface area contributed by atoms with Crippen molar-refractivity contribution in [3.8, 4) is 0 Å². The van der Waals surface area contributed by atoms with Gasteiger partial charge in [-0.2, -0.15) is 0 Å². The summed E-state index contributed by atoms with van der Waals surface area (Å²) in [4.78, 5) is 50.3. The van der Waals surface area contributed by atoms with Gasteiger partial charge in [-0.15, -0.1) is 0 Å². The second kappa shape index (κ2) is 11.3. The van der Waals surface area contributed by atoms with Crippen molar-refractivity contribution in [2.75, 3.05) is 13.1 Å². The van der Waals surface area contributed by atoms with Gasteiger partial charge in [0.2, 0.25) is 11.8 Å². The summed E-state index contributed by atoms with van der Waals surface area (Å²) in [5, 5.41) is 70.5. The molecule has 0 aromatic heterocycles. The number of carbonyl (C=O) groups excluding carboxylic acids is 4. The number of hydrogen-bond donors (Lipinski definition) is 10. The van der Waals surface area contributed by atoms with Gasteiger partial charge in [0.25, 0.3) is 11.8 Å². The Morgan fingerprint density at radius 3 is 1.22 bits per heavy atom. The highest BCUT2D eigenvalue weighted by Crippen LogP contribution is 2.23. The Hall–Kier alpha value is -2.44. The van der Waals surface area contributed by atoms with Gasteiger partial charge in [-0.25, -0.2) is 0 Å². The Morgan fingerprint density at radius 1 is 0.556 bits per heavy atom. The van der Waals surface area contributed by atoms with Crippen molar-refractivity contribution in [2.45, 2.75) is 87.0 Å². The standard InChI is InChI=1S/C20H32N4O12/c1-5-17(31)21-3-7-9(25)12(28)14(30)16(36-7)20(34)24-6(2)18(32)22-4-8-10(26)11(27)13(29)15(35-8)19(33)23-5/h5-16,25-30H,3-4H2,1-2H3,(H,21,31)(H,22,32)(H,23,33)(H,24,34)/t5-,6+,7-,8-,9-,10-,11+,12+,13-,14-,15-,16-/m0/s1. The van der Waals surface area contributed by atoms with E-state index in [1.807, 2.05) is 0 Å². The molecule has 0 spiro atoms. The average molecular weight is 520 g/mol. The molecule has 16 nitrogen and oxygen atoms in total. The number of aliphatic hydroxyl groups excluding tert-OH is 6. The highest BCUT2D eigenvalue weighted by molar-refractivity contribution is 5.90. The van der Waals surface area contributed by atoms with Gasteiger partial charge in [0.1, 0.15) is 60.9 Å². The molecule has 0 saturated carbocycles. The van der Waals surface area contributed by atoms with Crippen molar-refractivity contribution in [2.24, 2.45) is 0 Å². The molecule has 204 valence electrons. The second-order valence-corrected chi connectivity index (χ2v) is 9.08. The minimum Gasteiger partial charge on any atom is -0.388 e. The van der Waals surface area contributed by atoms with Crippen molar-refractivity contribution in [1.82, 2.24) is 21.3 Å². The molecule has 3 aliphatic rings. The van der Waals surface area contributed by atoms with Gasteiger partial charge < -0.3 is 61.4 Å². The van der Waals surface area contributed by atoms with Crippen LogP contribution in [0.2, 0.25) is 0 Å². The fraction of sp³-hybridized carbons (Fsp3) is 0.800. The molecule has 3 heterocycles. The van der Waals surface area contributed by atoms with E-state index in [2.05, 4.69) is 21.3 Å². The molecule has 0 aromatic rings. The van der Waals surface area contributed by atoms with Gasteiger partial charge in [0.05, 0.1) is 0 Å². The molecule has 0 radical (unpaired) electrons. The van der Waals surface area contributed by atoms with Gasteiger partial charge in [0, 0.05) is 13.1 Å². The predicted octanol–water partition coefficient (Wildman–Crippen LogP) is -7.06. The van der Waals surface area contributed by atoms with Crippen LogP contribution in [0.4, 0.5) is 0 Å². The maximum absolute atomic E-state index is 12.7. The highest BCUT2D eigenvalue weighted by Gasteiger charge is 2.49. The molecule has 3 fully saturated rings. The first-order valence-corrected chi connectivity index (χ1v) is 11.4. The zero-order valence-electron chi connectivity index (χ0n) is 19.5. The lowest BCUT2D eigenvalue weighted by atomic mass is 9.93. The smallest absolute Gasteiger partial charge is 0.252 e. The fourth-order valence-electron chi connectivity index (χ4n) is 4.10. The lowest BCUT2D eigenvalue weighted by molar-refractivity contribution is -0.220. The molecule has 10 N–H and O–H groups in total. The second-order valence-electron chi connectivity index (χ2n) is 9.08. The Bertz CT molecular complexity index is 793. The van der Waals surface area contributed by atoms with Crippen LogP contribution in [0.25, 0.3) is 0 Å². The minimum atomic E-state index is -1.85. The van der Waals surface area contributed by atoms with E-state index in [-0.39, 0.29) is 0 Å². The molecule has 36 heavy (non-hydrogen) atoms. The first kappa shape index (κ1) is 28.1. The third-order valence-electron chi connectivity index (χ3n) is 6.40. The summed E-state index contributed by atoms with van der Waals surface area (Å²) in [6.07, 6.45) is -16.8. The fourth-order valence-corrected chi connectivity index (χ4v) is 4.10. The van der Waals surface area contributed by atoms with E-state index in [9.17, 15) is 49.8 Å². The summed E-state index contributed by atoms with van der Waals surface area (Å²) < 4.78 is 10.8. The van der Waals surface area contributed by atoms with Crippen LogP contribution in [-0.2, 0) is 28.7 Å². The van der Waals surface area contributed by atoms with Gasteiger partial charge in [0.15, 0.2) is 12.2 Å². The summed E-state index contributed by atoms with van der Waals surface area (Å²) in [7, 11) is 0. The Balaban J connectivity index is 1.85. The first-order valence-electron chi connectivity index (χ1n) is 11.4. The Morgan fingerprint density at radius 2 is 0.889 bits per heavy atom. The maximum atomic E-state index is 12.7. The third-order valence-corrected chi connectivity index (χ3v) is 6.40. The summed E-state index contributed by atoms with van der Waals surface area (Å²) in [5.41, 5.74) is 0. The summed E-state index contributed by atoms with van der Waals surface area (Å²) >= 11 is 0. The number of amides is 4. The normalized spacial score (nSPS) is 45.3. The van der Waals surface area contributed by atoms with E-state index in [4.69, 9.17) is 9.47 Å². The quantitative estimate of drug-likeness (QED) is 0.143. The number of aliphatic hydroxyl groups is 6. The SMILES string of the molecule is C[C@@H]1NC(=O)[C@H]2O[C@@H](CNC(=O)[C@@H](C)NC(=O)[C@H]3O[C@@H](CNC1=O)[C@H](O)[C@@H](O)[C@@H]3O)[C@H](O)[C@@H](O)[C@@H]2O. The Kier molecular flexibility index (Phi) is 8.84. The number of hydrogen-bond acceptors (Lipinski definition) is 12. The van der Waals surface area contributed by atoms with Crippen molar-refractivity contribution >= 4 is 23.6 Å². The molecular weight excluding hydrogens is 488 g/mol. The van der Waals surface area contributed by atoms with Gasteiger partial charge in [-0.1, -0.05) is 0 Å². The highest BCUT2D eigenvalue weighted by atomic mass is 16.5. The molecule has 0 aliphatic carbocycles. The molecule has 12 atom stereocenters. The summed E-state index contributed by atoms with van der Waals surface area (Å²) in [6.45, 7) is 1.72. The van der Waals surface area contributed by atoms with Crippen LogP contribution >= 0.6 is 0 Å². The van der Waals surface area contributed by atoms with Gasteiger partial charge in [-0.05, 0) is 13.8 Å². The van der Waals surface area contributed by atoms with Crippen LogP contribution in [0.15, 0.2) is 0 Å². The maximum Gasteiger partial charge on any atom is 0.252 e. The van der Waals surface area contributed by atoms with E-state index < -0.39 is 110 Å². The van der Waals surface area contributed by atoms with Crippen LogP contribution < -0.4 is 21.3 Å². The zero-order chi connectivity index (χ0) is 26.9. The number of ether oxygens (including phenoxy) is 2. The van der Waals surface area contributed by atoms with E-state index in [0.29, 0.717) is 0 Å². The minimum absolute atomic E-state index is 0.431. The molecule has 3 saturated heterocycles. The molecule has 0 aromatic carbocycles. The lowest BCUT2D eigenvalue weighted by Gasteiger charge is -2.41. The van der Waals surface area contributed by atoms with E-state index in [0.717, 1.165) is 0 Å². The van der Waals surface area contributed by atoms with Crippen molar-refractivity contribution < 1.29 is 59.3 Å². The molecule has 4 amide bonds. The van der Waals surface area contributed by atoms with Crippen LogP contribution in [-0.4, -0.2) is 140 Å². The van der Waals surface area contributed by atoms with Crippen molar-refractivity contribution in [3.63, 3.8) is 0 Å². The summed E-state index contributed by atoms with van der Waals surface area (Å²) in [6, 6.07) is -2.43. The number of carbonyl (C=O) groups is 4. The molecular formula is C20H32N4O12. The molecule has 0 unspecified atom stereocenters. The monoisotopic (exact) mass is 520 g/mol. The largest absolute Gasteiger partial charge is 0.388 e. The van der Waals surface area contributed by atoms with Crippen molar-refractivity contribution in [1.29, 1.82) is 0 Å². The molecule has 4 bridgehead atoms. The van der Waals surface area contributed by atoms with Crippen LogP contribution in [0, 0.1) is 0 Å². The van der Waals surface area contributed by atoms with E-state index in [1.54, 1.807) is 0 Å². The Labute approximate surface area is 204 Å². The predicted molar refractivity (Wildman–Crippen MR) is 115 cm³/mol. The van der Waals surface area contributed by atoms with Crippen LogP contribution in [0.5, 0.6) is 0 Å². The third kappa shape index (κ3) is 5.76. The van der Waals surface area contributed by atoms with Gasteiger partial charge in [-0.3, -0.25) is 19.2 Å². The summed E-state index contributed by atoms with van der Waals surface area (Å²) in [5.74, 6) is -3.51. The first-order chi connectivity index (χ1) is 16.8. The lowest BCUT2D eigenvalue weighted by Crippen LogP contribution is -2.66.